The average Bonchev–Trinajstić information content (AvgIpc) is 3.00. The number of nitrogens with zero attached hydrogens (tertiary/aromatic N) is 2. The number of alkyl halides is 3. The Balaban J connectivity index is 2.24. The molecule has 18 heavy (non-hydrogen) atoms. The summed E-state index contributed by atoms with van der Waals surface area (Å²) in [6.07, 6.45) is -1.53. The molecule has 0 radical (unpaired) electrons. The fourth-order valence-corrected chi connectivity index (χ4v) is 2.95. The van der Waals surface area contributed by atoms with Crippen LogP contribution in [0.2, 0.25) is 0 Å². The zero-order valence-electron chi connectivity index (χ0n) is 10.1. The molecule has 1 aliphatic carbocycles. The summed E-state index contributed by atoms with van der Waals surface area (Å²) in [5.74, 6) is 0.715. The SMILES string of the molecule is CCCN(CC(F)(F)F)c1snc(N)c1C1CC1. The number of nitrogens with two attached hydrogens (primary N) is 1. The van der Waals surface area contributed by atoms with Gasteiger partial charge in [0.15, 0.2) is 0 Å². The molecule has 2 N–H and O–H groups in total. The van der Waals surface area contributed by atoms with E-state index < -0.39 is 12.7 Å². The monoisotopic (exact) mass is 279 g/mol. The Labute approximate surface area is 108 Å². The summed E-state index contributed by atoms with van der Waals surface area (Å²) in [4.78, 5) is 1.36. The van der Waals surface area contributed by atoms with E-state index in [1.165, 1.54) is 4.90 Å². The molecule has 0 spiro atoms. The van der Waals surface area contributed by atoms with Crippen LogP contribution in [0.4, 0.5) is 24.0 Å². The third-order valence-corrected chi connectivity index (χ3v) is 3.81. The van der Waals surface area contributed by atoms with Crippen molar-refractivity contribution in [1.82, 2.24) is 4.37 Å². The van der Waals surface area contributed by atoms with Crippen LogP contribution in [0.15, 0.2) is 0 Å². The first-order valence-electron chi connectivity index (χ1n) is 5.99. The molecule has 0 aromatic carbocycles. The Morgan fingerprint density at radius 2 is 2.11 bits per heavy atom. The molecule has 1 aromatic heterocycles. The smallest absolute Gasteiger partial charge is 0.383 e. The summed E-state index contributed by atoms with van der Waals surface area (Å²) in [6.45, 7) is 1.31. The fraction of sp³-hybridized carbons (Fsp3) is 0.727. The zero-order chi connectivity index (χ0) is 13.3. The topological polar surface area (TPSA) is 42.2 Å². The molecule has 3 nitrogen and oxygen atoms in total. The van der Waals surface area contributed by atoms with E-state index in [1.54, 1.807) is 0 Å². The maximum Gasteiger partial charge on any atom is 0.405 e. The Morgan fingerprint density at radius 1 is 1.44 bits per heavy atom. The molecule has 2 rings (SSSR count). The molecule has 1 aromatic rings. The van der Waals surface area contributed by atoms with E-state index in [-0.39, 0.29) is 0 Å². The predicted octanol–water partition coefficient (Wildman–Crippen LogP) is 3.38. The summed E-state index contributed by atoms with van der Waals surface area (Å²) in [5, 5.41) is 0.606. The maximum atomic E-state index is 12.6. The lowest BCUT2D eigenvalue weighted by molar-refractivity contribution is -0.119. The third-order valence-electron chi connectivity index (χ3n) is 2.87. The molecule has 1 saturated carbocycles. The Bertz CT molecular complexity index is 412. The van der Waals surface area contributed by atoms with Gasteiger partial charge < -0.3 is 10.6 Å². The Kier molecular flexibility index (Phi) is 3.70. The summed E-state index contributed by atoms with van der Waals surface area (Å²) in [5.41, 5.74) is 6.60. The lowest BCUT2D eigenvalue weighted by Gasteiger charge is -2.24. The molecule has 1 aliphatic rings. The van der Waals surface area contributed by atoms with E-state index in [1.807, 2.05) is 6.92 Å². The number of anilines is 2. The minimum Gasteiger partial charge on any atom is -0.383 e. The maximum absolute atomic E-state index is 12.6. The van der Waals surface area contributed by atoms with Crippen LogP contribution in [0.25, 0.3) is 0 Å². The van der Waals surface area contributed by atoms with E-state index >= 15 is 0 Å². The number of nitrogen functional groups attached to an aromatic ring is 1. The first-order valence-corrected chi connectivity index (χ1v) is 6.76. The lowest BCUT2D eigenvalue weighted by atomic mass is 10.2. The van der Waals surface area contributed by atoms with Gasteiger partial charge in [0.1, 0.15) is 17.4 Å². The normalized spacial score (nSPS) is 16.0. The summed E-state index contributed by atoms with van der Waals surface area (Å²) < 4.78 is 41.8. The molecular formula is C11H16F3N3S. The predicted molar refractivity (Wildman–Crippen MR) is 67.1 cm³/mol. The third kappa shape index (κ3) is 3.07. The molecule has 102 valence electrons. The minimum absolute atomic E-state index is 0.311. The molecule has 0 amide bonds. The van der Waals surface area contributed by atoms with Crippen molar-refractivity contribution in [3.05, 3.63) is 5.56 Å². The fourth-order valence-electron chi connectivity index (χ4n) is 2.02. The van der Waals surface area contributed by atoms with Crippen molar-refractivity contribution in [3.63, 3.8) is 0 Å². The number of halogens is 3. The number of hydrogen-bond acceptors (Lipinski definition) is 4. The van der Waals surface area contributed by atoms with Crippen molar-refractivity contribution >= 4 is 22.4 Å². The lowest BCUT2D eigenvalue weighted by Crippen LogP contribution is -2.34. The van der Waals surface area contributed by atoms with Gasteiger partial charge in [-0.05, 0) is 36.7 Å². The van der Waals surface area contributed by atoms with E-state index in [2.05, 4.69) is 4.37 Å². The highest BCUT2D eigenvalue weighted by Crippen LogP contribution is 2.49. The van der Waals surface area contributed by atoms with Crippen molar-refractivity contribution in [2.45, 2.75) is 38.3 Å². The van der Waals surface area contributed by atoms with Crippen LogP contribution in [-0.4, -0.2) is 23.6 Å². The highest BCUT2D eigenvalue weighted by molar-refractivity contribution is 7.10. The van der Waals surface area contributed by atoms with E-state index in [4.69, 9.17) is 5.73 Å². The van der Waals surface area contributed by atoms with Crippen LogP contribution in [0.3, 0.4) is 0 Å². The van der Waals surface area contributed by atoms with Crippen LogP contribution < -0.4 is 10.6 Å². The summed E-state index contributed by atoms with van der Waals surface area (Å²) in [6, 6.07) is 0. The van der Waals surface area contributed by atoms with Crippen LogP contribution in [0.5, 0.6) is 0 Å². The van der Waals surface area contributed by atoms with Crippen molar-refractivity contribution in [2.24, 2.45) is 0 Å². The second-order valence-electron chi connectivity index (χ2n) is 4.60. The van der Waals surface area contributed by atoms with Crippen LogP contribution in [0, 0.1) is 0 Å². The second-order valence-corrected chi connectivity index (χ2v) is 5.35. The Hall–Kier alpha value is -0.980. The largest absolute Gasteiger partial charge is 0.405 e. The van der Waals surface area contributed by atoms with Gasteiger partial charge in [0.2, 0.25) is 0 Å². The Morgan fingerprint density at radius 3 is 2.61 bits per heavy atom. The average molecular weight is 279 g/mol. The summed E-state index contributed by atoms with van der Waals surface area (Å²) in [7, 11) is 0. The standard InChI is InChI=1S/C11H16F3N3S/c1-2-5-17(6-11(12,13)14)10-8(7-3-4-7)9(15)16-18-10/h7H,2-6H2,1H3,(H2,15,16). The molecule has 0 unspecified atom stereocenters. The van der Waals surface area contributed by atoms with E-state index in [9.17, 15) is 13.2 Å². The van der Waals surface area contributed by atoms with Crippen molar-refractivity contribution < 1.29 is 13.2 Å². The van der Waals surface area contributed by atoms with E-state index in [0.717, 1.165) is 29.9 Å². The molecule has 1 fully saturated rings. The highest BCUT2D eigenvalue weighted by atomic mass is 32.1. The van der Waals surface area contributed by atoms with Gasteiger partial charge in [-0.15, -0.1) is 0 Å². The molecule has 0 atom stereocenters. The quantitative estimate of drug-likeness (QED) is 0.898. The summed E-state index contributed by atoms with van der Waals surface area (Å²) >= 11 is 1.08. The van der Waals surface area contributed by atoms with Crippen molar-refractivity contribution in [1.29, 1.82) is 0 Å². The van der Waals surface area contributed by atoms with Gasteiger partial charge in [-0.1, -0.05) is 6.92 Å². The molecule has 0 bridgehead atoms. The van der Waals surface area contributed by atoms with Gasteiger partial charge in [0.05, 0.1) is 0 Å². The highest BCUT2D eigenvalue weighted by Gasteiger charge is 2.36. The molecule has 0 saturated heterocycles. The van der Waals surface area contributed by atoms with Gasteiger partial charge >= 0.3 is 6.18 Å². The minimum atomic E-state index is -4.20. The van der Waals surface area contributed by atoms with Crippen molar-refractivity contribution in [3.8, 4) is 0 Å². The first kappa shape index (κ1) is 13.5. The van der Waals surface area contributed by atoms with Crippen molar-refractivity contribution in [2.75, 3.05) is 23.7 Å². The van der Waals surface area contributed by atoms with Gasteiger partial charge in [0, 0.05) is 12.1 Å². The number of aromatic nitrogens is 1. The molecular weight excluding hydrogens is 263 g/mol. The molecule has 1 heterocycles. The van der Waals surface area contributed by atoms with Gasteiger partial charge in [-0.25, -0.2) is 0 Å². The van der Waals surface area contributed by atoms with Gasteiger partial charge in [0.25, 0.3) is 0 Å². The van der Waals surface area contributed by atoms with E-state index in [0.29, 0.717) is 29.7 Å². The molecule has 0 aliphatic heterocycles. The van der Waals surface area contributed by atoms with Gasteiger partial charge in [-0.2, -0.15) is 17.5 Å². The first-order chi connectivity index (χ1) is 8.42. The number of rotatable bonds is 5. The second kappa shape index (κ2) is 4.95. The van der Waals surface area contributed by atoms with Gasteiger partial charge in [-0.3, -0.25) is 0 Å². The molecule has 7 heteroatoms. The number of hydrogen-bond donors (Lipinski definition) is 1. The van der Waals surface area contributed by atoms with Crippen LogP contribution >= 0.6 is 11.5 Å². The zero-order valence-corrected chi connectivity index (χ0v) is 10.9. The van der Waals surface area contributed by atoms with Crippen LogP contribution in [0.1, 0.15) is 37.7 Å². The van der Waals surface area contributed by atoms with Crippen LogP contribution in [-0.2, 0) is 0 Å².